The molecule has 2 aromatic rings. The monoisotopic (exact) mass is 526 g/mol. The van der Waals surface area contributed by atoms with Gasteiger partial charge >= 0.3 is 5.97 Å². The Bertz CT molecular complexity index is 1040. The van der Waals surface area contributed by atoms with Gasteiger partial charge in [0.1, 0.15) is 6.61 Å². The number of nitrogens with one attached hydrogen (secondary N) is 1. The molecule has 7 heteroatoms. The first-order chi connectivity index (χ1) is 17.8. The molecule has 0 aliphatic rings. The molecule has 0 aliphatic heterocycles. The smallest absolute Gasteiger partial charge is 0.311 e. The second-order valence-electron chi connectivity index (χ2n) is 11.8. The van der Waals surface area contributed by atoms with Crippen LogP contribution in [-0.4, -0.2) is 45.3 Å². The highest BCUT2D eigenvalue weighted by Crippen LogP contribution is 2.28. The van der Waals surface area contributed by atoms with Crippen molar-refractivity contribution in [2.24, 2.45) is 17.1 Å². The molecule has 0 heterocycles. The quantitative estimate of drug-likeness (QED) is 0.363. The summed E-state index contributed by atoms with van der Waals surface area (Å²) in [7, 11) is 1.56. The normalized spacial score (nSPS) is 12.5. The van der Waals surface area contributed by atoms with E-state index in [0.717, 1.165) is 18.4 Å². The van der Waals surface area contributed by atoms with Gasteiger partial charge in [-0.1, -0.05) is 51.1 Å². The van der Waals surface area contributed by atoms with E-state index in [9.17, 15) is 9.59 Å². The minimum absolute atomic E-state index is 0.00545. The number of esters is 1. The number of hydrogen-bond acceptors (Lipinski definition) is 6. The number of carbonyl (C=O) groups excluding carboxylic acids is 2. The summed E-state index contributed by atoms with van der Waals surface area (Å²) < 4.78 is 16.6. The zero-order chi connectivity index (χ0) is 28.3. The first-order valence-corrected chi connectivity index (χ1v) is 13.4. The van der Waals surface area contributed by atoms with Crippen molar-refractivity contribution < 1.29 is 23.8 Å². The number of benzene rings is 2. The van der Waals surface area contributed by atoms with Crippen LogP contribution in [0.25, 0.3) is 0 Å². The maximum atomic E-state index is 12.8. The second-order valence-corrected chi connectivity index (χ2v) is 11.8. The van der Waals surface area contributed by atoms with Crippen LogP contribution in [0.1, 0.15) is 64.7 Å². The molecule has 210 valence electrons. The Labute approximate surface area is 228 Å². The minimum Gasteiger partial charge on any atom is -0.493 e. The van der Waals surface area contributed by atoms with Crippen LogP contribution in [0.3, 0.4) is 0 Å². The van der Waals surface area contributed by atoms with Crippen LogP contribution in [0.2, 0.25) is 0 Å². The maximum absolute atomic E-state index is 12.8. The van der Waals surface area contributed by atoms with Gasteiger partial charge in [-0.15, -0.1) is 0 Å². The lowest BCUT2D eigenvalue weighted by molar-refractivity contribution is -0.154. The van der Waals surface area contributed by atoms with Crippen molar-refractivity contribution in [3.63, 3.8) is 0 Å². The fourth-order valence-corrected chi connectivity index (χ4v) is 3.81. The third-order valence-electron chi connectivity index (χ3n) is 6.28. The number of ether oxygens (including phenoxy) is 3. The van der Waals surface area contributed by atoms with Crippen LogP contribution >= 0.6 is 0 Å². The Morgan fingerprint density at radius 3 is 2.18 bits per heavy atom. The van der Waals surface area contributed by atoms with Crippen molar-refractivity contribution in [2.45, 2.75) is 66.2 Å². The van der Waals surface area contributed by atoms with E-state index < -0.39 is 5.41 Å². The molecule has 0 bridgehead atoms. The molecule has 1 unspecified atom stereocenters. The van der Waals surface area contributed by atoms with Gasteiger partial charge in [0.15, 0.2) is 11.5 Å². The van der Waals surface area contributed by atoms with Crippen molar-refractivity contribution >= 4 is 11.9 Å². The van der Waals surface area contributed by atoms with E-state index in [2.05, 4.69) is 50.4 Å². The number of methoxy groups -OCH3 is 1. The van der Waals surface area contributed by atoms with E-state index in [-0.39, 0.29) is 36.2 Å². The number of hydrogen-bond donors (Lipinski definition) is 2. The Kier molecular flexibility index (Phi) is 11.6. The lowest BCUT2D eigenvalue weighted by Gasteiger charge is -2.22. The Morgan fingerprint density at radius 2 is 1.61 bits per heavy atom. The van der Waals surface area contributed by atoms with Gasteiger partial charge in [-0.25, -0.2) is 0 Å². The summed E-state index contributed by atoms with van der Waals surface area (Å²) in [4.78, 5) is 25.1. The zero-order valence-corrected chi connectivity index (χ0v) is 24.2. The topological polar surface area (TPSA) is 99.9 Å². The van der Waals surface area contributed by atoms with Gasteiger partial charge in [-0.2, -0.15) is 0 Å². The van der Waals surface area contributed by atoms with Gasteiger partial charge in [0, 0.05) is 19.0 Å². The number of nitrogens with two attached hydrogens (primary N) is 1. The van der Waals surface area contributed by atoms with Crippen molar-refractivity contribution in [1.29, 1.82) is 0 Å². The third-order valence-corrected chi connectivity index (χ3v) is 6.28. The molecule has 0 aromatic heterocycles. The Morgan fingerprint density at radius 1 is 0.947 bits per heavy atom. The molecule has 7 nitrogen and oxygen atoms in total. The molecule has 3 N–H and O–H groups in total. The standard InChI is InChI=1S/C31H46N2O5/c1-30(2,3)25-13-10-22(11-14-25)8-9-24(21-38-29(35)31(4,5)6)20-33-28(34)19-23-12-15-26(37-17-16-32)27(18-23)36-7/h10-15,18,24H,8-9,16-17,19-21,32H2,1-7H3,(H,33,34). The predicted molar refractivity (Wildman–Crippen MR) is 152 cm³/mol. The maximum Gasteiger partial charge on any atom is 0.311 e. The number of amides is 1. The fraction of sp³-hybridized carbons (Fsp3) is 0.548. The average Bonchev–Trinajstić information content (AvgIpc) is 2.86. The summed E-state index contributed by atoms with van der Waals surface area (Å²) in [6, 6.07) is 14.1. The van der Waals surface area contributed by atoms with E-state index >= 15 is 0 Å². The number of rotatable bonds is 13. The van der Waals surface area contributed by atoms with E-state index in [1.807, 2.05) is 26.8 Å². The van der Waals surface area contributed by atoms with E-state index in [1.165, 1.54) is 11.1 Å². The van der Waals surface area contributed by atoms with Crippen LogP contribution in [0.15, 0.2) is 42.5 Å². The lowest BCUT2D eigenvalue weighted by atomic mass is 9.86. The molecule has 1 amide bonds. The molecular weight excluding hydrogens is 480 g/mol. The number of carbonyl (C=O) groups is 2. The van der Waals surface area contributed by atoms with Crippen LogP contribution in [0.5, 0.6) is 11.5 Å². The third kappa shape index (κ3) is 10.4. The second kappa shape index (κ2) is 14.2. The van der Waals surface area contributed by atoms with Crippen LogP contribution in [0, 0.1) is 11.3 Å². The zero-order valence-electron chi connectivity index (χ0n) is 24.2. The summed E-state index contributed by atoms with van der Waals surface area (Å²) >= 11 is 0. The van der Waals surface area contributed by atoms with Gasteiger partial charge in [0.05, 0.1) is 25.6 Å². The summed E-state index contributed by atoms with van der Waals surface area (Å²) in [5.41, 5.74) is 8.37. The van der Waals surface area contributed by atoms with Gasteiger partial charge in [0.25, 0.3) is 0 Å². The van der Waals surface area contributed by atoms with E-state index in [4.69, 9.17) is 19.9 Å². The highest BCUT2D eigenvalue weighted by Gasteiger charge is 2.24. The average molecular weight is 527 g/mol. The fourth-order valence-electron chi connectivity index (χ4n) is 3.81. The first kappa shape index (κ1) is 31.2. The van der Waals surface area contributed by atoms with Gasteiger partial charge in [0.2, 0.25) is 5.91 Å². The molecule has 0 spiro atoms. The van der Waals surface area contributed by atoms with Crippen LogP contribution in [-0.2, 0) is 32.6 Å². The van der Waals surface area contributed by atoms with E-state index in [1.54, 1.807) is 19.2 Å². The molecule has 0 saturated heterocycles. The summed E-state index contributed by atoms with van der Waals surface area (Å²) in [6.07, 6.45) is 1.82. The Balaban J connectivity index is 2.00. The molecule has 2 rings (SSSR count). The SMILES string of the molecule is COc1cc(CC(=O)NCC(CCc2ccc(C(C)(C)C)cc2)COC(=O)C(C)(C)C)ccc1OCCN. The molecule has 0 fully saturated rings. The first-order valence-electron chi connectivity index (χ1n) is 13.4. The highest BCUT2D eigenvalue weighted by molar-refractivity contribution is 5.78. The Hall–Kier alpha value is -3.06. The molecule has 2 aromatic carbocycles. The predicted octanol–water partition coefficient (Wildman–Crippen LogP) is 4.83. The van der Waals surface area contributed by atoms with Crippen molar-refractivity contribution in [3.8, 4) is 11.5 Å². The van der Waals surface area contributed by atoms with E-state index in [0.29, 0.717) is 31.2 Å². The van der Waals surface area contributed by atoms with Crippen molar-refractivity contribution in [1.82, 2.24) is 5.32 Å². The lowest BCUT2D eigenvalue weighted by Crippen LogP contribution is -2.34. The molecule has 0 aliphatic carbocycles. The van der Waals surface area contributed by atoms with Crippen molar-refractivity contribution in [2.75, 3.05) is 33.4 Å². The minimum atomic E-state index is -0.574. The van der Waals surface area contributed by atoms with Crippen LogP contribution < -0.4 is 20.5 Å². The summed E-state index contributed by atoms with van der Waals surface area (Å²) in [6.45, 7) is 13.6. The van der Waals surface area contributed by atoms with Crippen molar-refractivity contribution in [3.05, 3.63) is 59.2 Å². The van der Waals surface area contributed by atoms with Crippen LogP contribution in [0.4, 0.5) is 0 Å². The summed E-state index contributed by atoms with van der Waals surface area (Å²) in [5.74, 6) is 0.803. The molecule has 0 radical (unpaired) electrons. The van der Waals surface area contributed by atoms with Gasteiger partial charge in [-0.05, 0) is 67.9 Å². The van der Waals surface area contributed by atoms with Gasteiger partial charge < -0.3 is 25.3 Å². The molecule has 1 atom stereocenters. The summed E-state index contributed by atoms with van der Waals surface area (Å²) in [5, 5.41) is 3.03. The molecule has 0 saturated carbocycles. The largest absolute Gasteiger partial charge is 0.493 e. The van der Waals surface area contributed by atoms with Gasteiger partial charge in [-0.3, -0.25) is 9.59 Å². The molecular formula is C31H46N2O5. The molecule has 38 heavy (non-hydrogen) atoms. The number of aryl methyl sites for hydroxylation is 1. The highest BCUT2D eigenvalue weighted by atomic mass is 16.5.